The lowest BCUT2D eigenvalue weighted by atomic mass is 9.83. The van der Waals surface area contributed by atoms with Crippen LogP contribution in [0.3, 0.4) is 0 Å². The van der Waals surface area contributed by atoms with Crippen molar-refractivity contribution >= 4 is 0 Å². The van der Waals surface area contributed by atoms with Gasteiger partial charge in [-0.2, -0.15) is 0 Å². The highest BCUT2D eigenvalue weighted by molar-refractivity contribution is 4.75. The van der Waals surface area contributed by atoms with Crippen molar-refractivity contribution in [2.24, 2.45) is 5.41 Å². The molecule has 0 radical (unpaired) electrons. The molecule has 1 fully saturated rings. The average molecular weight is 173 g/mol. The zero-order valence-electron chi connectivity index (χ0n) is 9.83. The molecule has 0 unspecified atom stereocenters. The minimum Gasteiger partial charge on any atom is -0.317 e. The second-order valence-electron chi connectivity index (χ2n) is 3.41. The molecular formula is C11H27N. The first-order valence-corrected chi connectivity index (χ1v) is 5.41. The molecule has 76 valence electrons. The maximum Gasteiger partial charge on any atom is -0.00438 e. The van der Waals surface area contributed by atoms with Gasteiger partial charge in [0, 0.05) is 0 Å². The molecule has 1 N–H and O–H groups in total. The Kier molecular flexibility index (Phi) is 10.9. The molecule has 1 heterocycles. The van der Waals surface area contributed by atoms with Gasteiger partial charge in [0.15, 0.2) is 0 Å². The van der Waals surface area contributed by atoms with E-state index in [-0.39, 0.29) is 0 Å². The van der Waals surface area contributed by atoms with Crippen LogP contribution in [0.25, 0.3) is 0 Å². The summed E-state index contributed by atoms with van der Waals surface area (Å²) in [6.45, 7) is 15.1. The van der Waals surface area contributed by atoms with Gasteiger partial charge < -0.3 is 5.32 Å². The fourth-order valence-electron chi connectivity index (χ4n) is 1.10. The Morgan fingerprint density at radius 3 is 1.33 bits per heavy atom. The molecule has 1 rings (SSSR count). The third-order valence-corrected chi connectivity index (χ3v) is 1.96. The van der Waals surface area contributed by atoms with Crippen molar-refractivity contribution in [2.75, 3.05) is 13.1 Å². The van der Waals surface area contributed by atoms with Gasteiger partial charge in [0.05, 0.1) is 0 Å². The van der Waals surface area contributed by atoms with E-state index in [2.05, 4.69) is 19.2 Å². The molecule has 0 amide bonds. The summed E-state index contributed by atoms with van der Waals surface area (Å²) in [5, 5.41) is 3.34. The van der Waals surface area contributed by atoms with Crippen molar-refractivity contribution in [2.45, 2.75) is 54.4 Å². The molecule has 1 saturated heterocycles. The summed E-state index contributed by atoms with van der Waals surface area (Å²) in [5.74, 6) is 0. The molecule has 1 aliphatic rings. The van der Waals surface area contributed by atoms with Crippen LogP contribution in [0.15, 0.2) is 0 Å². The summed E-state index contributed by atoms with van der Waals surface area (Å²) in [4.78, 5) is 0. The molecule has 0 saturated carbocycles. The molecule has 0 bridgehead atoms. The first kappa shape index (κ1) is 14.5. The third-order valence-electron chi connectivity index (χ3n) is 1.96. The second-order valence-corrected chi connectivity index (χ2v) is 3.41. The van der Waals surface area contributed by atoms with E-state index in [4.69, 9.17) is 0 Å². The van der Waals surface area contributed by atoms with Crippen LogP contribution < -0.4 is 5.32 Å². The van der Waals surface area contributed by atoms with E-state index in [0.717, 1.165) is 0 Å². The van der Waals surface area contributed by atoms with Crippen LogP contribution >= 0.6 is 0 Å². The predicted molar refractivity (Wildman–Crippen MR) is 58.6 cm³/mol. The Bertz CT molecular complexity index is 69.1. The van der Waals surface area contributed by atoms with E-state index < -0.39 is 0 Å². The Morgan fingerprint density at radius 2 is 1.17 bits per heavy atom. The Labute approximate surface area is 78.9 Å². The Morgan fingerprint density at radius 1 is 0.833 bits per heavy atom. The third kappa shape index (κ3) is 8.06. The van der Waals surface area contributed by atoms with E-state index >= 15 is 0 Å². The minimum absolute atomic E-state index is 0.616. The summed E-state index contributed by atoms with van der Waals surface area (Å²) in [7, 11) is 0. The maximum atomic E-state index is 3.34. The van der Waals surface area contributed by atoms with Gasteiger partial charge in [-0.1, -0.05) is 41.5 Å². The predicted octanol–water partition coefficient (Wildman–Crippen LogP) is 3.45. The molecule has 0 aromatic rings. The van der Waals surface area contributed by atoms with E-state index in [9.17, 15) is 0 Å². The summed E-state index contributed by atoms with van der Waals surface area (Å²) in [6.07, 6.45) is 2.68. The smallest absolute Gasteiger partial charge is 0.00438 e. The molecule has 0 atom stereocenters. The molecule has 0 aliphatic carbocycles. The average Bonchev–Trinajstić information content (AvgIpc) is 2.11. The normalized spacial score (nSPS) is 19.5. The molecule has 0 aromatic carbocycles. The number of hydrogen-bond donors (Lipinski definition) is 1. The molecule has 0 aromatic heterocycles. The molecule has 1 heteroatoms. The zero-order valence-corrected chi connectivity index (χ0v) is 9.83. The van der Waals surface area contributed by atoms with Crippen LogP contribution in [0.2, 0.25) is 0 Å². The van der Waals surface area contributed by atoms with Gasteiger partial charge in [-0.15, -0.1) is 0 Å². The number of rotatable bonds is 0. The topological polar surface area (TPSA) is 12.0 Å². The standard InChI is InChI=1S/C7H15N.2C2H6/c1-7(2)3-5-8-6-4-7;2*1-2/h8H,3-6H2,1-2H3;2*1-2H3. The van der Waals surface area contributed by atoms with Gasteiger partial charge in [0.2, 0.25) is 0 Å². The van der Waals surface area contributed by atoms with Crippen molar-refractivity contribution in [1.82, 2.24) is 5.32 Å². The van der Waals surface area contributed by atoms with Gasteiger partial charge in [0.25, 0.3) is 0 Å². The van der Waals surface area contributed by atoms with E-state index in [1.54, 1.807) is 0 Å². The monoisotopic (exact) mass is 173 g/mol. The second kappa shape index (κ2) is 9.05. The van der Waals surface area contributed by atoms with Crippen molar-refractivity contribution in [1.29, 1.82) is 0 Å². The Balaban J connectivity index is 0. The largest absolute Gasteiger partial charge is 0.317 e. The first-order valence-electron chi connectivity index (χ1n) is 5.41. The summed E-state index contributed by atoms with van der Waals surface area (Å²) in [6, 6.07) is 0. The van der Waals surface area contributed by atoms with Gasteiger partial charge in [-0.3, -0.25) is 0 Å². The van der Waals surface area contributed by atoms with E-state index in [1.807, 2.05) is 27.7 Å². The van der Waals surface area contributed by atoms with Gasteiger partial charge >= 0.3 is 0 Å². The lowest BCUT2D eigenvalue weighted by molar-refractivity contribution is 0.259. The van der Waals surface area contributed by atoms with Crippen LogP contribution in [0, 0.1) is 5.41 Å². The summed E-state index contributed by atoms with van der Waals surface area (Å²) < 4.78 is 0. The first-order chi connectivity index (χ1) is 5.71. The van der Waals surface area contributed by atoms with Gasteiger partial charge in [0.1, 0.15) is 0 Å². The summed E-state index contributed by atoms with van der Waals surface area (Å²) in [5.41, 5.74) is 0.616. The minimum atomic E-state index is 0.616. The number of piperidine rings is 1. The van der Waals surface area contributed by atoms with Crippen molar-refractivity contribution in [3.8, 4) is 0 Å². The zero-order chi connectivity index (χ0) is 10.0. The van der Waals surface area contributed by atoms with Crippen molar-refractivity contribution in [3.63, 3.8) is 0 Å². The van der Waals surface area contributed by atoms with Crippen LogP contribution in [0.5, 0.6) is 0 Å². The van der Waals surface area contributed by atoms with E-state index in [1.165, 1.54) is 25.9 Å². The van der Waals surface area contributed by atoms with Gasteiger partial charge in [-0.25, -0.2) is 0 Å². The highest BCUT2D eigenvalue weighted by Crippen LogP contribution is 2.25. The highest BCUT2D eigenvalue weighted by Gasteiger charge is 2.19. The van der Waals surface area contributed by atoms with E-state index in [0.29, 0.717) is 5.41 Å². The van der Waals surface area contributed by atoms with Crippen LogP contribution in [0.1, 0.15) is 54.4 Å². The van der Waals surface area contributed by atoms with Crippen LogP contribution in [0.4, 0.5) is 0 Å². The van der Waals surface area contributed by atoms with Crippen LogP contribution in [-0.4, -0.2) is 13.1 Å². The van der Waals surface area contributed by atoms with Crippen molar-refractivity contribution < 1.29 is 0 Å². The molecule has 1 nitrogen and oxygen atoms in total. The quantitative estimate of drug-likeness (QED) is 0.591. The maximum absolute atomic E-state index is 3.34. The Hall–Kier alpha value is -0.0400. The van der Waals surface area contributed by atoms with Crippen LogP contribution in [-0.2, 0) is 0 Å². The fourth-order valence-corrected chi connectivity index (χ4v) is 1.10. The van der Waals surface area contributed by atoms with Gasteiger partial charge in [-0.05, 0) is 31.3 Å². The number of hydrogen-bond acceptors (Lipinski definition) is 1. The SMILES string of the molecule is CC.CC.CC1(C)CCNCC1. The molecule has 12 heavy (non-hydrogen) atoms. The molecule has 0 spiro atoms. The number of nitrogens with one attached hydrogen (secondary N) is 1. The summed E-state index contributed by atoms with van der Waals surface area (Å²) >= 11 is 0. The lowest BCUT2D eigenvalue weighted by Crippen LogP contribution is -2.32. The fraction of sp³-hybridized carbons (Fsp3) is 1.00. The lowest BCUT2D eigenvalue weighted by Gasteiger charge is -2.29. The highest BCUT2D eigenvalue weighted by atomic mass is 14.9. The molecular weight excluding hydrogens is 146 g/mol. The molecule has 1 aliphatic heterocycles. The van der Waals surface area contributed by atoms with Crippen molar-refractivity contribution in [3.05, 3.63) is 0 Å².